The zero-order valence-corrected chi connectivity index (χ0v) is 11.5. The first-order chi connectivity index (χ1) is 8.30. The Kier molecular flexibility index (Phi) is 4.99. The van der Waals surface area contributed by atoms with Gasteiger partial charge in [0, 0.05) is 19.1 Å². The molecule has 0 aromatic heterocycles. The van der Waals surface area contributed by atoms with E-state index >= 15 is 0 Å². The van der Waals surface area contributed by atoms with Gasteiger partial charge in [-0.1, -0.05) is 13.8 Å². The molecule has 1 unspecified atom stereocenters. The maximum atomic E-state index is 12.0. The van der Waals surface area contributed by atoms with Gasteiger partial charge in [0.2, 0.25) is 0 Å². The minimum Gasteiger partial charge on any atom is -0.481 e. The lowest BCUT2D eigenvalue weighted by Gasteiger charge is -2.24. The molecule has 0 aromatic carbocycles. The average Bonchev–Trinajstić information content (AvgIpc) is 2.37. The second-order valence-electron chi connectivity index (χ2n) is 5.95. The molecule has 1 rings (SSSR count). The number of carbonyl (C=O) groups is 2. The summed E-state index contributed by atoms with van der Waals surface area (Å²) in [5, 5.41) is 11.4. The third-order valence-electron chi connectivity index (χ3n) is 3.48. The summed E-state index contributed by atoms with van der Waals surface area (Å²) in [7, 11) is 0. The van der Waals surface area contributed by atoms with Crippen molar-refractivity contribution in [3.63, 3.8) is 0 Å². The van der Waals surface area contributed by atoms with E-state index in [9.17, 15) is 9.59 Å². The first-order valence-corrected chi connectivity index (χ1v) is 6.57. The Morgan fingerprint density at radius 3 is 2.61 bits per heavy atom. The van der Waals surface area contributed by atoms with Gasteiger partial charge in [-0.3, -0.25) is 4.79 Å². The highest BCUT2D eigenvalue weighted by Gasteiger charge is 2.25. The molecule has 2 amide bonds. The Morgan fingerprint density at radius 2 is 2.00 bits per heavy atom. The normalized spacial score (nSPS) is 20.9. The van der Waals surface area contributed by atoms with E-state index in [1.807, 2.05) is 0 Å². The lowest BCUT2D eigenvalue weighted by atomic mass is 9.85. The number of carboxylic acids is 1. The van der Waals surface area contributed by atoms with E-state index < -0.39 is 5.97 Å². The summed E-state index contributed by atoms with van der Waals surface area (Å²) >= 11 is 0. The van der Waals surface area contributed by atoms with E-state index in [0.29, 0.717) is 5.41 Å². The minimum absolute atomic E-state index is 0.0366. The number of carbonyl (C=O) groups excluding carboxylic acids is 1. The molecule has 1 aliphatic rings. The van der Waals surface area contributed by atoms with Gasteiger partial charge in [0.25, 0.3) is 0 Å². The maximum absolute atomic E-state index is 12.0. The van der Waals surface area contributed by atoms with Crippen molar-refractivity contribution >= 4 is 12.0 Å². The highest BCUT2D eigenvalue weighted by atomic mass is 16.4. The number of urea groups is 1. The van der Waals surface area contributed by atoms with Crippen LogP contribution >= 0.6 is 0 Å². The van der Waals surface area contributed by atoms with Gasteiger partial charge in [-0.15, -0.1) is 0 Å². The lowest BCUT2D eigenvalue weighted by molar-refractivity contribution is -0.137. The summed E-state index contributed by atoms with van der Waals surface area (Å²) in [4.78, 5) is 24.3. The summed E-state index contributed by atoms with van der Waals surface area (Å²) in [6.45, 7) is 7.67. The van der Waals surface area contributed by atoms with Gasteiger partial charge >= 0.3 is 12.0 Å². The Bertz CT molecular complexity index is 315. The van der Waals surface area contributed by atoms with Crippen LogP contribution < -0.4 is 5.32 Å². The summed E-state index contributed by atoms with van der Waals surface area (Å²) in [5.41, 5.74) is 0.293. The fourth-order valence-corrected chi connectivity index (χ4v) is 2.24. The van der Waals surface area contributed by atoms with Gasteiger partial charge in [-0.05, 0) is 31.6 Å². The van der Waals surface area contributed by atoms with Crippen LogP contribution in [0.5, 0.6) is 0 Å². The fraction of sp³-hybridized carbons (Fsp3) is 0.846. The quantitative estimate of drug-likeness (QED) is 0.812. The predicted octanol–water partition coefficient (Wildman–Crippen LogP) is 2.07. The number of amides is 2. The van der Waals surface area contributed by atoms with Crippen molar-refractivity contribution in [2.24, 2.45) is 5.41 Å². The van der Waals surface area contributed by atoms with E-state index in [2.05, 4.69) is 19.2 Å². The zero-order chi connectivity index (χ0) is 13.8. The van der Waals surface area contributed by atoms with Crippen molar-refractivity contribution in [3.8, 4) is 0 Å². The van der Waals surface area contributed by atoms with Gasteiger partial charge in [-0.25, -0.2) is 4.79 Å². The first-order valence-electron chi connectivity index (χ1n) is 6.57. The molecular formula is C13H24N2O3. The molecule has 1 aliphatic heterocycles. The number of nitrogens with one attached hydrogen (secondary N) is 1. The third kappa shape index (κ3) is 4.94. The molecule has 1 saturated heterocycles. The predicted molar refractivity (Wildman–Crippen MR) is 69.5 cm³/mol. The van der Waals surface area contributed by atoms with Crippen LogP contribution in [0, 0.1) is 5.41 Å². The molecule has 0 aliphatic carbocycles. The maximum Gasteiger partial charge on any atom is 0.317 e. The van der Waals surface area contributed by atoms with Crippen LogP contribution in [-0.4, -0.2) is 41.1 Å². The van der Waals surface area contributed by atoms with E-state index in [4.69, 9.17) is 5.11 Å². The number of nitrogens with zero attached hydrogens (tertiary/aromatic N) is 1. The molecule has 1 fully saturated rings. The van der Waals surface area contributed by atoms with Gasteiger partial charge in [0.15, 0.2) is 0 Å². The average molecular weight is 256 g/mol. The van der Waals surface area contributed by atoms with Crippen LogP contribution in [0.25, 0.3) is 0 Å². The SMILES string of the molecule is CC(CC(=O)O)NC(=O)N1CCCC(C)(C)CC1. The van der Waals surface area contributed by atoms with Crippen LogP contribution in [0.4, 0.5) is 4.79 Å². The van der Waals surface area contributed by atoms with Gasteiger partial charge in [-0.2, -0.15) is 0 Å². The minimum atomic E-state index is -0.889. The summed E-state index contributed by atoms with van der Waals surface area (Å²) < 4.78 is 0. The summed E-state index contributed by atoms with van der Waals surface area (Å²) in [6, 6.07) is -0.465. The van der Waals surface area contributed by atoms with Crippen LogP contribution in [-0.2, 0) is 4.79 Å². The van der Waals surface area contributed by atoms with Crippen LogP contribution in [0.2, 0.25) is 0 Å². The monoisotopic (exact) mass is 256 g/mol. The lowest BCUT2D eigenvalue weighted by Crippen LogP contribution is -2.45. The summed E-state index contributed by atoms with van der Waals surface area (Å²) in [5.74, 6) is -0.889. The standard InChI is InChI=1S/C13H24N2O3/c1-10(9-11(16)17)14-12(18)15-7-4-5-13(2,3)6-8-15/h10H,4-9H2,1-3H3,(H,14,18)(H,16,17). The molecule has 5 nitrogen and oxygen atoms in total. The second-order valence-corrected chi connectivity index (χ2v) is 5.95. The Hall–Kier alpha value is -1.26. The highest BCUT2D eigenvalue weighted by Crippen LogP contribution is 2.29. The molecule has 18 heavy (non-hydrogen) atoms. The molecule has 0 radical (unpaired) electrons. The molecule has 0 bridgehead atoms. The van der Waals surface area contributed by atoms with Crippen molar-refractivity contribution in [1.29, 1.82) is 0 Å². The number of aliphatic carboxylic acids is 1. The summed E-state index contributed by atoms with van der Waals surface area (Å²) in [6.07, 6.45) is 3.09. The Morgan fingerprint density at radius 1 is 1.33 bits per heavy atom. The van der Waals surface area contributed by atoms with Crippen LogP contribution in [0.15, 0.2) is 0 Å². The van der Waals surface area contributed by atoms with Crippen molar-refractivity contribution in [2.45, 2.75) is 52.5 Å². The van der Waals surface area contributed by atoms with Crippen molar-refractivity contribution in [2.75, 3.05) is 13.1 Å². The van der Waals surface area contributed by atoms with Gasteiger partial charge in [0.05, 0.1) is 6.42 Å². The number of hydrogen-bond acceptors (Lipinski definition) is 2. The molecular weight excluding hydrogens is 232 g/mol. The zero-order valence-electron chi connectivity index (χ0n) is 11.5. The first kappa shape index (κ1) is 14.8. The van der Waals surface area contributed by atoms with Crippen molar-refractivity contribution in [1.82, 2.24) is 10.2 Å². The molecule has 0 aromatic rings. The van der Waals surface area contributed by atoms with E-state index in [1.165, 1.54) is 0 Å². The smallest absolute Gasteiger partial charge is 0.317 e. The van der Waals surface area contributed by atoms with Crippen molar-refractivity contribution < 1.29 is 14.7 Å². The Labute approximate surface area is 109 Å². The number of carboxylic acid groups (broad SMARTS) is 1. The van der Waals surface area contributed by atoms with Gasteiger partial charge < -0.3 is 15.3 Å². The van der Waals surface area contributed by atoms with Gasteiger partial charge in [0.1, 0.15) is 0 Å². The number of rotatable bonds is 3. The fourth-order valence-electron chi connectivity index (χ4n) is 2.24. The molecule has 0 saturated carbocycles. The van der Waals surface area contributed by atoms with Crippen LogP contribution in [0.3, 0.4) is 0 Å². The van der Waals surface area contributed by atoms with E-state index in [0.717, 1.165) is 32.4 Å². The number of likely N-dealkylation sites (tertiary alicyclic amines) is 1. The van der Waals surface area contributed by atoms with Crippen molar-refractivity contribution in [3.05, 3.63) is 0 Å². The number of hydrogen-bond donors (Lipinski definition) is 2. The largest absolute Gasteiger partial charge is 0.481 e. The van der Waals surface area contributed by atoms with E-state index in [-0.39, 0.29) is 18.5 Å². The molecule has 1 atom stereocenters. The molecule has 5 heteroatoms. The topological polar surface area (TPSA) is 69.6 Å². The molecule has 104 valence electrons. The second kappa shape index (κ2) is 6.07. The third-order valence-corrected chi connectivity index (χ3v) is 3.48. The Balaban J connectivity index is 2.44. The molecule has 0 spiro atoms. The van der Waals surface area contributed by atoms with Crippen LogP contribution in [0.1, 0.15) is 46.5 Å². The molecule has 1 heterocycles. The van der Waals surface area contributed by atoms with E-state index in [1.54, 1.807) is 11.8 Å². The molecule has 2 N–H and O–H groups in total. The highest BCUT2D eigenvalue weighted by molar-refractivity contribution is 5.75.